The summed E-state index contributed by atoms with van der Waals surface area (Å²) < 4.78 is 4.71. The molecule has 1 aliphatic carbocycles. The zero-order chi connectivity index (χ0) is 24.2. The highest BCUT2D eigenvalue weighted by Gasteiger charge is 2.28. The smallest absolute Gasteiger partial charge is 0.330 e. The van der Waals surface area contributed by atoms with Gasteiger partial charge in [0.05, 0.1) is 12.7 Å². The Hall–Kier alpha value is -4.08. The van der Waals surface area contributed by atoms with Gasteiger partial charge in [-0.25, -0.2) is 4.79 Å². The van der Waals surface area contributed by atoms with Gasteiger partial charge in [-0.15, -0.1) is 0 Å². The Labute approximate surface area is 204 Å². The van der Waals surface area contributed by atoms with Crippen LogP contribution in [-0.4, -0.2) is 34.5 Å². The maximum atomic E-state index is 11.5. The van der Waals surface area contributed by atoms with Gasteiger partial charge in [-0.1, -0.05) is 36.4 Å². The number of nitriles is 1. The van der Waals surface area contributed by atoms with Crippen LogP contribution in [0.15, 0.2) is 67.0 Å². The number of aromatic nitrogens is 2. The van der Waals surface area contributed by atoms with Crippen molar-refractivity contribution in [3.05, 3.63) is 101 Å². The van der Waals surface area contributed by atoms with Gasteiger partial charge in [0.1, 0.15) is 6.07 Å². The Morgan fingerprint density at radius 3 is 2.91 bits per heavy atom. The molecule has 1 aliphatic rings. The summed E-state index contributed by atoms with van der Waals surface area (Å²) in [5, 5.41) is 10.5. The minimum Gasteiger partial charge on any atom is -0.466 e. The summed E-state index contributed by atoms with van der Waals surface area (Å²) in [5.74, 6) is -0.352. The number of carbonyl (C=O) groups excluding carboxylic acids is 1. The van der Waals surface area contributed by atoms with Gasteiger partial charge in [-0.2, -0.15) is 5.26 Å². The van der Waals surface area contributed by atoms with Crippen molar-refractivity contribution >= 4 is 22.9 Å². The second-order valence-corrected chi connectivity index (χ2v) is 8.97. The van der Waals surface area contributed by atoms with Crippen molar-refractivity contribution < 1.29 is 9.53 Å². The third-order valence-electron chi connectivity index (χ3n) is 6.86. The van der Waals surface area contributed by atoms with E-state index in [1.54, 1.807) is 12.3 Å². The van der Waals surface area contributed by atoms with E-state index < -0.39 is 0 Å². The summed E-state index contributed by atoms with van der Waals surface area (Å²) in [4.78, 5) is 20.6. The number of methoxy groups -OCH3 is 1. The SMILES string of the molecule is COC(=O)C=Cc1ccc2c(c1)CCC2N(CCc1c[nH]c2ccccc12)Cc1cc(C#N)c[nH]1. The predicted molar refractivity (Wildman–Crippen MR) is 136 cm³/mol. The number of carbonyl (C=O) groups is 1. The van der Waals surface area contributed by atoms with Crippen LogP contribution in [0.4, 0.5) is 0 Å². The number of aromatic amines is 2. The van der Waals surface area contributed by atoms with E-state index in [0.29, 0.717) is 11.6 Å². The number of hydrogen-bond donors (Lipinski definition) is 2. The van der Waals surface area contributed by atoms with Crippen molar-refractivity contribution in [3.63, 3.8) is 0 Å². The molecule has 1 atom stereocenters. The molecule has 0 saturated carbocycles. The number of rotatable bonds is 8. The summed E-state index contributed by atoms with van der Waals surface area (Å²) in [5.41, 5.74) is 7.85. The van der Waals surface area contributed by atoms with Gasteiger partial charge in [0.15, 0.2) is 0 Å². The van der Waals surface area contributed by atoms with Crippen LogP contribution in [0.5, 0.6) is 0 Å². The standard InChI is InChI=1S/C29H28N4O2/c1-35-29(34)11-7-20-6-9-26-22(14-20)8-10-28(26)33(19-24-15-21(16-30)17-31-24)13-12-23-18-32-27-5-3-2-4-25(23)27/h2-7,9,11,14-15,17-18,28,31-32H,8,10,12-13,19H2,1H3. The molecule has 6 nitrogen and oxygen atoms in total. The molecule has 2 heterocycles. The number of H-pyrrole nitrogens is 2. The summed E-state index contributed by atoms with van der Waals surface area (Å²) >= 11 is 0. The number of esters is 1. The molecular weight excluding hydrogens is 436 g/mol. The first-order chi connectivity index (χ1) is 17.1. The minimum absolute atomic E-state index is 0.294. The van der Waals surface area contributed by atoms with E-state index in [4.69, 9.17) is 4.74 Å². The molecule has 0 aliphatic heterocycles. The average Bonchev–Trinajstić information content (AvgIpc) is 3.63. The molecule has 2 aromatic heterocycles. The molecule has 176 valence electrons. The quantitative estimate of drug-likeness (QED) is 0.274. The number of para-hydroxylation sites is 1. The third-order valence-corrected chi connectivity index (χ3v) is 6.86. The lowest BCUT2D eigenvalue weighted by molar-refractivity contribution is -0.134. The Balaban J connectivity index is 1.39. The summed E-state index contributed by atoms with van der Waals surface area (Å²) in [6.07, 6.45) is 10.1. The van der Waals surface area contributed by atoms with Crippen LogP contribution in [0, 0.1) is 11.3 Å². The van der Waals surface area contributed by atoms with E-state index in [2.05, 4.69) is 69.6 Å². The number of aryl methyl sites for hydroxylation is 1. The summed E-state index contributed by atoms with van der Waals surface area (Å²) in [6.45, 7) is 1.65. The first-order valence-corrected chi connectivity index (χ1v) is 11.9. The lowest BCUT2D eigenvalue weighted by Crippen LogP contribution is -2.29. The Bertz CT molecular complexity index is 1420. The number of nitrogens with one attached hydrogen (secondary N) is 2. The topological polar surface area (TPSA) is 84.9 Å². The number of fused-ring (bicyclic) bond motifs is 2. The van der Waals surface area contributed by atoms with E-state index in [1.165, 1.54) is 35.3 Å². The van der Waals surface area contributed by atoms with Crippen LogP contribution in [-0.2, 0) is 28.9 Å². The molecule has 0 fully saturated rings. The van der Waals surface area contributed by atoms with Gasteiger partial charge < -0.3 is 14.7 Å². The van der Waals surface area contributed by atoms with Gasteiger partial charge >= 0.3 is 5.97 Å². The molecule has 0 radical (unpaired) electrons. The first-order valence-electron chi connectivity index (χ1n) is 11.9. The summed E-state index contributed by atoms with van der Waals surface area (Å²) in [7, 11) is 1.38. The molecule has 5 rings (SSSR count). The van der Waals surface area contributed by atoms with Crippen molar-refractivity contribution in [2.75, 3.05) is 13.7 Å². The minimum atomic E-state index is -0.352. The fourth-order valence-electron chi connectivity index (χ4n) is 5.09. The fourth-order valence-corrected chi connectivity index (χ4v) is 5.09. The highest BCUT2D eigenvalue weighted by Crippen LogP contribution is 2.37. The first kappa shape index (κ1) is 22.7. The normalized spacial score (nSPS) is 15.1. The molecule has 1 unspecified atom stereocenters. The second kappa shape index (κ2) is 10.0. The molecule has 35 heavy (non-hydrogen) atoms. The van der Waals surface area contributed by atoms with Gasteiger partial charge in [0.25, 0.3) is 0 Å². The lowest BCUT2D eigenvalue weighted by atomic mass is 10.0. The molecule has 2 aromatic carbocycles. The zero-order valence-corrected chi connectivity index (χ0v) is 19.8. The number of hydrogen-bond acceptors (Lipinski definition) is 4. The van der Waals surface area contributed by atoms with Crippen LogP contribution in [0.25, 0.3) is 17.0 Å². The molecule has 2 N–H and O–H groups in total. The highest BCUT2D eigenvalue weighted by atomic mass is 16.5. The second-order valence-electron chi connectivity index (χ2n) is 8.97. The maximum Gasteiger partial charge on any atom is 0.330 e. The molecular formula is C29H28N4O2. The van der Waals surface area contributed by atoms with Gasteiger partial charge in [-0.3, -0.25) is 4.90 Å². The van der Waals surface area contributed by atoms with E-state index in [9.17, 15) is 10.1 Å². The lowest BCUT2D eigenvalue weighted by Gasteiger charge is -2.29. The van der Waals surface area contributed by atoms with Crippen molar-refractivity contribution in [1.82, 2.24) is 14.9 Å². The Morgan fingerprint density at radius 1 is 1.20 bits per heavy atom. The van der Waals surface area contributed by atoms with Crippen LogP contribution in [0.1, 0.15) is 46.0 Å². The van der Waals surface area contributed by atoms with E-state index in [-0.39, 0.29) is 5.97 Å². The van der Waals surface area contributed by atoms with Crippen LogP contribution in [0.3, 0.4) is 0 Å². The van der Waals surface area contributed by atoms with Crippen molar-refractivity contribution in [2.24, 2.45) is 0 Å². The maximum absolute atomic E-state index is 11.5. The van der Waals surface area contributed by atoms with Crippen LogP contribution in [0.2, 0.25) is 0 Å². The molecule has 6 heteroatoms. The predicted octanol–water partition coefficient (Wildman–Crippen LogP) is 5.29. The fraction of sp³-hybridized carbons (Fsp3) is 0.241. The number of nitrogens with zero attached hydrogens (tertiary/aromatic N) is 2. The van der Waals surface area contributed by atoms with E-state index in [1.807, 2.05) is 6.07 Å². The Kier molecular flexibility index (Phi) is 6.51. The zero-order valence-electron chi connectivity index (χ0n) is 19.8. The van der Waals surface area contributed by atoms with Crippen LogP contribution < -0.4 is 0 Å². The van der Waals surface area contributed by atoms with Crippen molar-refractivity contribution in [1.29, 1.82) is 5.26 Å². The van der Waals surface area contributed by atoms with Crippen molar-refractivity contribution in [2.45, 2.75) is 31.8 Å². The van der Waals surface area contributed by atoms with E-state index in [0.717, 1.165) is 49.1 Å². The average molecular weight is 465 g/mol. The largest absolute Gasteiger partial charge is 0.466 e. The number of benzene rings is 2. The number of ether oxygens (including phenoxy) is 1. The molecule has 0 spiro atoms. The van der Waals surface area contributed by atoms with Gasteiger partial charge in [0, 0.05) is 54.2 Å². The molecule has 0 saturated heterocycles. The van der Waals surface area contributed by atoms with Crippen molar-refractivity contribution in [3.8, 4) is 6.07 Å². The van der Waals surface area contributed by atoms with Gasteiger partial charge in [0.2, 0.25) is 0 Å². The Morgan fingerprint density at radius 2 is 2.09 bits per heavy atom. The van der Waals surface area contributed by atoms with Gasteiger partial charge in [-0.05, 0) is 59.7 Å². The molecule has 0 bridgehead atoms. The van der Waals surface area contributed by atoms with E-state index >= 15 is 0 Å². The molecule has 0 amide bonds. The third kappa shape index (κ3) is 4.91. The van der Waals surface area contributed by atoms with Crippen LogP contribution >= 0.6 is 0 Å². The monoisotopic (exact) mass is 464 g/mol. The highest BCUT2D eigenvalue weighted by molar-refractivity contribution is 5.87. The molecule has 4 aromatic rings. The summed E-state index contributed by atoms with van der Waals surface area (Å²) in [6, 6.07) is 19.3.